The fraction of sp³-hybridized carbons (Fsp3) is 0.429. The summed E-state index contributed by atoms with van der Waals surface area (Å²) in [5.74, 6) is 2.57. The first-order valence-corrected chi connectivity index (χ1v) is 6.71. The van der Waals surface area contributed by atoms with Crippen LogP contribution in [0.15, 0.2) is 24.5 Å². The van der Waals surface area contributed by atoms with Gasteiger partial charge in [-0.05, 0) is 31.5 Å². The Balaban J connectivity index is 1.59. The average Bonchev–Trinajstić information content (AvgIpc) is 3.06. The molecule has 3 rings (SSSR count). The lowest BCUT2D eigenvalue weighted by Crippen LogP contribution is -2.18. The minimum atomic E-state index is 0.309. The van der Waals surface area contributed by atoms with Crippen LogP contribution >= 0.6 is 0 Å². The molecule has 0 aliphatic carbocycles. The molecule has 0 radical (unpaired) electrons. The van der Waals surface area contributed by atoms with Crippen molar-refractivity contribution in [1.29, 1.82) is 0 Å². The molecule has 6 heteroatoms. The van der Waals surface area contributed by atoms with Crippen molar-refractivity contribution in [3.8, 4) is 11.5 Å². The van der Waals surface area contributed by atoms with E-state index in [0.717, 1.165) is 29.4 Å². The maximum atomic E-state index is 5.37. The van der Waals surface area contributed by atoms with Gasteiger partial charge in [-0.3, -0.25) is 0 Å². The summed E-state index contributed by atoms with van der Waals surface area (Å²) in [5, 5.41) is 7.59. The molecule has 0 fully saturated rings. The summed E-state index contributed by atoms with van der Waals surface area (Å²) in [6.45, 7) is 5.93. The number of rotatable bonds is 5. The highest BCUT2D eigenvalue weighted by atomic mass is 16.7. The fourth-order valence-corrected chi connectivity index (χ4v) is 2.20. The summed E-state index contributed by atoms with van der Waals surface area (Å²) in [6.07, 6.45) is 1.59. The van der Waals surface area contributed by atoms with Gasteiger partial charge < -0.3 is 14.8 Å². The minimum Gasteiger partial charge on any atom is -0.454 e. The first-order valence-electron chi connectivity index (χ1n) is 6.71. The number of benzene rings is 1. The van der Waals surface area contributed by atoms with E-state index in [1.807, 2.05) is 22.9 Å². The molecule has 0 bridgehead atoms. The molecule has 0 spiro atoms. The second kappa shape index (κ2) is 5.50. The summed E-state index contributed by atoms with van der Waals surface area (Å²) < 4.78 is 12.6. The van der Waals surface area contributed by atoms with Crippen LogP contribution in [0.25, 0.3) is 0 Å². The molecule has 0 unspecified atom stereocenters. The van der Waals surface area contributed by atoms with E-state index < -0.39 is 0 Å². The maximum Gasteiger partial charge on any atom is 0.231 e. The SMILES string of the molecule is CC(C)n1ncnc1CNCc1ccc2c(c1)OCO2. The lowest BCUT2D eigenvalue weighted by atomic mass is 10.2. The van der Waals surface area contributed by atoms with Crippen LogP contribution in [-0.4, -0.2) is 21.6 Å². The van der Waals surface area contributed by atoms with Gasteiger partial charge in [-0.25, -0.2) is 9.67 Å². The number of hydrogen-bond acceptors (Lipinski definition) is 5. The van der Waals surface area contributed by atoms with E-state index >= 15 is 0 Å². The van der Waals surface area contributed by atoms with Crippen LogP contribution in [0.4, 0.5) is 0 Å². The number of nitrogens with one attached hydrogen (secondary N) is 1. The van der Waals surface area contributed by atoms with Gasteiger partial charge in [-0.1, -0.05) is 6.07 Å². The van der Waals surface area contributed by atoms with Gasteiger partial charge in [0.15, 0.2) is 11.5 Å². The van der Waals surface area contributed by atoms with E-state index in [2.05, 4.69) is 29.2 Å². The van der Waals surface area contributed by atoms with Crippen molar-refractivity contribution < 1.29 is 9.47 Å². The molecule has 1 aliphatic rings. The monoisotopic (exact) mass is 274 g/mol. The zero-order valence-electron chi connectivity index (χ0n) is 11.7. The van der Waals surface area contributed by atoms with Crippen LogP contribution in [0.1, 0.15) is 31.3 Å². The number of nitrogens with zero attached hydrogens (tertiary/aromatic N) is 3. The molecule has 0 amide bonds. The molecule has 2 heterocycles. The molecule has 1 aromatic heterocycles. The van der Waals surface area contributed by atoms with Crippen LogP contribution < -0.4 is 14.8 Å². The van der Waals surface area contributed by atoms with Gasteiger partial charge in [-0.2, -0.15) is 5.10 Å². The summed E-state index contributed by atoms with van der Waals surface area (Å²) in [7, 11) is 0. The van der Waals surface area contributed by atoms with Crippen LogP contribution in [0.2, 0.25) is 0 Å². The quantitative estimate of drug-likeness (QED) is 0.902. The van der Waals surface area contributed by atoms with Gasteiger partial charge in [0, 0.05) is 12.6 Å². The Kier molecular flexibility index (Phi) is 3.56. The number of ether oxygens (including phenoxy) is 2. The van der Waals surface area contributed by atoms with Gasteiger partial charge in [-0.15, -0.1) is 0 Å². The first-order chi connectivity index (χ1) is 9.74. The molecular weight excluding hydrogens is 256 g/mol. The van der Waals surface area contributed by atoms with Crippen molar-refractivity contribution in [2.75, 3.05) is 6.79 Å². The Morgan fingerprint density at radius 1 is 1.25 bits per heavy atom. The van der Waals surface area contributed by atoms with Gasteiger partial charge in [0.25, 0.3) is 0 Å². The van der Waals surface area contributed by atoms with E-state index in [0.29, 0.717) is 19.4 Å². The predicted molar refractivity (Wildman–Crippen MR) is 73.5 cm³/mol. The zero-order valence-corrected chi connectivity index (χ0v) is 11.7. The number of fused-ring (bicyclic) bond motifs is 1. The Hall–Kier alpha value is -2.08. The largest absolute Gasteiger partial charge is 0.454 e. The van der Waals surface area contributed by atoms with E-state index in [1.165, 1.54) is 0 Å². The smallest absolute Gasteiger partial charge is 0.231 e. The number of hydrogen-bond donors (Lipinski definition) is 1. The number of aromatic nitrogens is 3. The summed E-state index contributed by atoms with van der Waals surface area (Å²) in [6, 6.07) is 6.30. The van der Waals surface area contributed by atoms with Crippen LogP contribution in [0.5, 0.6) is 11.5 Å². The molecule has 1 aliphatic heterocycles. The van der Waals surface area contributed by atoms with E-state index in [9.17, 15) is 0 Å². The summed E-state index contributed by atoms with van der Waals surface area (Å²) in [4.78, 5) is 4.27. The Morgan fingerprint density at radius 2 is 2.10 bits per heavy atom. The predicted octanol–water partition coefficient (Wildman–Crippen LogP) is 1.88. The van der Waals surface area contributed by atoms with Crippen molar-refractivity contribution in [3.05, 3.63) is 35.9 Å². The van der Waals surface area contributed by atoms with Crippen molar-refractivity contribution in [2.24, 2.45) is 0 Å². The van der Waals surface area contributed by atoms with Gasteiger partial charge in [0.2, 0.25) is 6.79 Å². The molecule has 1 N–H and O–H groups in total. The molecule has 0 atom stereocenters. The summed E-state index contributed by atoms with van der Waals surface area (Å²) in [5.41, 5.74) is 1.16. The van der Waals surface area contributed by atoms with E-state index in [-0.39, 0.29) is 0 Å². The second-order valence-electron chi connectivity index (χ2n) is 5.01. The van der Waals surface area contributed by atoms with Gasteiger partial charge in [0.05, 0.1) is 6.54 Å². The van der Waals surface area contributed by atoms with E-state index in [1.54, 1.807) is 6.33 Å². The topological polar surface area (TPSA) is 61.2 Å². The Morgan fingerprint density at radius 3 is 2.95 bits per heavy atom. The van der Waals surface area contributed by atoms with Crippen molar-refractivity contribution in [1.82, 2.24) is 20.1 Å². The molecule has 1 aromatic carbocycles. The molecule has 6 nitrogen and oxygen atoms in total. The third-order valence-electron chi connectivity index (χ3n) is 3.19. The lowest BCUT2D eigenvalue weighted by molar-refractivity contribution is 0.174. The van der Waals surface area contributed by atoms with Crippen molar-refractivity contribution in [2.45, 2.75) is 33.0 Å². The Labute approximate surface area is 117 Å². The molecule has 0 saturated heterocycles. The summed E-state index contributed by atoms with van der Waals surface area (Å²) >= 11 is 0. The lowest BCUT2D eigenvalue weighted by Gasteiger charge is -2.10. The highest BCUT2D eigenvalue weighted by Crippen LogP contribution is 2.32. The fourth-order valence-electron chi connectivity index (χ4n) is 2.20. The standard InChI is InChI=1S/C14H18N4O2/c1-10(2)18-14(16-8-17-18)7-15-6-11-3-4-12-13(5-11)20-9-19-12/h3-5,8,10,15H,6-7,9H2,1-2H3. The van der Waals surface area contributed by atoms with Crippen molar-refractivity contribution >= 4 is 0 Å². The van der Waals surface area contributed by atoms with Crippen LogP contribution in [0, 0.1) is 0 Å². The van der Waals surface area contributed by atoms with Gasteiger partial charge >= 0.3 is 0 Å². The normalized spacial score (nSPS) is 13.2. The molecule has 20 heavy (non-hydrogen) atoms. The molecule has 0 saturated carbocycles. The molecule has 106 valence electrons. The minimum absolute atomic E-state index is 0.309. The third kappa shape index (κ3) is 2.60. The van der Waals surface area contributed by atoms with Crippen LogP contribution in [0.3, 0.4) is 0 Å². The highest BCUT2D eigenvalue weighted by Gasteiger charge is 2.13. The zero-order chi connectivity index (χ0) is 13.9. The third-order valence-corrected chi connectivity index (χ3v) is 3.19. The Bertz CT molecular complexity index is 595. The molecular formula is C14H18N4O2. The second-order valence-corrected chi connectivity index (χ2v) is 5.01. The van der Waals surface area contributed by atoms with Gasteiger partial charge in [0.1, 0.15) is 12.2 Å². The maximum absolute atomic E-state index is 5.37. The average molecular weight is 274 g/mol. The van der Waals surface area contributed by atoms with Crippen LogP contribution in [-0.2, 0) is 13.1 Å². The molecule has 2 aromatic rings. The highest BCUT2D eigenvalue weighted by molar-refractivity contribution is 5.44. The van der Waals surface area contributed by atoms with Crippen molar-refractivity contribution in [3.63, 3.8) is 0 Å². The van der Waals surface area contributed by atoms with E-state index in [4.69, 9.17) is 9.47 Å². The first kappa shape index (κ1) is 12.9.